The number of unbranched alkanes of at least 4 members (excludes halogenated alkanes) is 24. The third kappa shape index (κ3) is 65.9. The van der Waals surface area contributed by atoms with E-state index in [4.69, 9.17) is 14.2 Å². The summed E-state index contributed by atoms with van der Waals surface area (Å²) in [6.45, 7) is 6.66. The van der Waals surface area contributed by atoms with E-state index in [9.17, 15) is 44.1 Å². The molecular formula is C48H81AlO12. The number of carbonyl (C=O) groups is 6. The van der Waals surface area contributed by atoms with Crippen LogP contribution in [0.3, 0.4) is 0 Å². The average molecular weight is 877 g/mol. The molecule has 0 aliphatic rings. The van der Waals surface area contributed by atoms with E-state index < -0.39 is 35.8 Å². The zero-order chi connectivity index (χ0) is 45.2. The van der Waals surface area contributed by atoms with E-state index in [-0.39, 0.29) is 55.9 Å². The summed E-state index contributed by atoms with van der Waals surface area (Å²) in [6.07, 6.45) is 41.5. The van der Waals surface area contributed by atoms with Crippen LogP contribution in [0.4, 0.5) is 0 Å². The molecule has 0 aromatic carbocycles. The molecule has 0 aliphatic carbocycles. The van der Waals surface area contributed by atoms with E-state index in [1.807, 2.05) is 18.2 Å². The number of allylic oxidation sites excluding steroid dienone is 3. The quantitative estimate of drug-likeness (QED) is 0.0187. The molecule has 0 aromatic heterocycles. The molecule has 0 unspecified atom stereocenters. The molecule has 0 amide bonds. The van der Waals surface area contributed by atoms with Gasteiger partial charge < -0.3 is 43.9 Å². The van der Waals surface area contributed by atoms with Crippen molar-refractivity contribution in [2.24, 2.45) is 0 Å². The topological polar surface area (TPSA) is 199 Å². The summed E-state index contributed by atoms with van der Waals surface area (Å²) in [5.41, 5.74) is 0. The normalized spacial score (nSPS) is 10.7. The van der Waals surface area contributed by atoms with E-state index in [0.717, 1.165) is 38.5 Å². The van der Waals surface area contributed by atoms with E-state index in [0.29, 0.717) is 0 Å². The van der Waals surface area contributed by atoms with Gasteiger partial charge in [-0.05, 0) is 76.0 Å². The number of ether oxygens (including phenoxy) is 3. The van der Waals surface area contributed by atoms with Gasteiger partial charge in [0.25, 0.3) is 0 Å². The Morgan fingerprint density at radius 2 is 0.525 bits per heavy atom. The number of hydrogen-bond donors (Lipinski definition) is 0. The minimum absolute atomic E-state index is 0. The second-order valence-corrected chi connectivity index (χ2v) is 15.0. The SMILES string of the molecule is CCCCCCCCCCC=COC(=O)CCC(=O)[O-].CCCCCCCCCCC=COC(=O)CCC(=O)[O-].CCCCCCCCCCC=COC(=O)CCC(=O)[O-].[Al+3]. The van der Waals surface area contributed by atoms with Crippen molar-refractivity contribution < 1.29 is 58.3 Å². The van der Waals surface area contributed by atoms with Crippen LogP contribution in [0.25, 0.3) is 0 Å². The van der Waals surface area contributed by atoms with Crippen LogP contribution in [0.15, 0.2) is 37.0 Å². The Morgan fingerprint density at radius 1 is 0.328 bits per heavy atom. The number of hydrogen-bond acceptors (Lipinski definition) is 12. The van der Waals surface area contributed by atoms with Crippen molar-refractivity contribution in [3.63, 3.8) is 0 Å². The van der Waals surface area contributed by atoms with Gasteiger partial charge in [0.2, 0.25) is 0 Å². The summed E-state index contributed by atoms with van der Waals surface area (Å²) in [6, 6.07) is 0. The van der Waals surface area contributed by atoms with Crippen LogP contribution in [-0.4, -0.2) is 53.2 Å². The zero-order valence-electron chi connectivity index (χ0n) is 38.3. The molecule has 0 saturated carbocycles. The van der Waals surface area contributed by atoms with E-state index in [1.54, 1.807) is 0 Å². The van der Waals surface area contributed by atoms with Crippen molar-refractivity contribution in [3.8, 4) is 0 Å². The molecule has 61 heavy (non-hydrogen) atoms. The molecule has 0 spiro atoms. The van der Waals surface area contributed by atoms with Gasteiger partial charge in [-0.2, -0.15) is 0 Å². The maximum Gasteiger partial charge on any atom is 3.00 e. The largest absolute Gasteiger partial charge is 3.00 e. The van der Waals surface area contributed by atoms with Crippen molar-refractivity contribution in [3.05, 3.63) is 37.0 Å². The van der Waals surface area contributed by atoms with Gasteiger partial charge in [0.1, 0.15) is 0 Å². The monoisotopic (exact) mass is 877 g/mol. The first kappa shape index (κ1) is 64.2. The van der Waals surface area contributed by atoms with Crippen molar-refractivity contribution >= 4 is 53.2 Å². The molecule has 0 saturated heterocycles. The van der Waals surface area contributed by atoms with E-state index >= 15 is 0 Å². The zero-order valence-corrected chi connectivity index (χ0v) is 39.4. The molecule has 0 radical (unpaired) electrons. The van der Waals surface area contributed by atoms with Gasteiger partial charge in [-0.25, -0.2) is 0 Å². The molecule has 0 aliphatic heterocycles. The number of esters is 3. The maximum atomic E-state index is 11.0. The smallest absolute Gasteiger partial charge is 0.550 e. The van der Waals surface area contributed by atoms with E-state index in [2.05, 4.69) is 20.8 Å². The summed E-state index contributed by atoms with van der Waals surface area (Å²) in [5.74, 6) is -5.27. The molecule has 12 nitrogen and oxygen atoms in total. The number of carboxylic acids is 3. The number of carboxylic acid groups (broad SMARTS) is 3. The van der Waals surface area contributed by atoms with Gasteiger partial charge in [0.05, 0.1) is 38.0 Å². The van der Waals surface area contributed by atoms with Crippen LogP contribution in [0.2, 0.25) is 0 Å². The molecule has 13 heteroatoms. The molecule has 0 atom stereocenters. The molecule has 0 rings (SSSR count). The number of aliphatic carboxylic acids is 3. The van der Waals surface area contributed by atoms with Gasteiger partial charge in [0, 0.05) is 17.9 Å². The van der Waals surface area contributed by atoms with Gasteiger partial charge in [-0.1, -0.05) is 156 Å². The third-order valence-corrected chi connectivity index (χ3v) is 9.16. The Morgan fingerprint density at radius 3 is 0.721 bits per heavy atom. The Labute approximate surface area is 379 Å². The predicted molar refractivity (Wildman–Crippen MR) is 236 cm³/mol. The standard InChI is InChI=1S/3C16H28O4.Al/c3*1-2-3-4-5-6-7-8-9-10-11-14-20-16(19)13-12-15(17)18;/h3*11,14H,2-10,12-13H2,1H3,(H,17,18);/q;;;+3/p-3. The minimum Gasteiger partial charge on any atom is -0.550 e. The molecule has 0 bridgehead atoms. The summed E-state index contributed by atoms with van der Waals surface area (Å²) in [5, 5.41) is 30.4. The Balaban J connectivity index is -0.000000396. The first-order valence-electron chi connectivity index (χ1n) is 23.1. The second-order valence-electron chi connectivity index (χ2n) is 15.0. The molecule has 0 N–H and O–H groups in total. The van der Waals surface area contributed by atoms with E-state index in [1.165, 1.54) is 154 Å². The molecule has 0 fully saturated rings. The van der Waals surface area contributed by atoms with Crippen LogP contribution >= 0.6 is 0 Å². The molecule has 0 aromatic rings. The molecular weight excluding hydrogens is 795 g/mol. The van der Waals surface area contributed by atoms with Crippen molar-refractivity contribution in [1.29, 1.82) is 0 Å². The Kier molecular flexibility index (Phi) is 57.5. The van der Waals surface area contributed by atoms with Gasteiger partial charge in [0.15, 0.2) is 0 Å². The van der Waals surface area contributed by atoms with Gasteiger partial charge in [-0.3, -0.25) is 14.4 Å². The molecule has 0 heterocycles. The van der Waals surface area contributed by atoms with Gasteiger partial charge >= 0.3 is 35.3 Å². The van der Waals surface area contributed by atoms with Crippen molar-refractivity contribution in [1.82, 2.24) is 0 Å². The second kappa shape index (κ2) is 54.6. The van der Waals surface area contributed by atoms with Crippen LogP contribution < -0.4 is 15.3 Å². The Bertz CT molecular complexity index is 998. The van der Waals surface area contributed by atoms with Crippen LogP contribution in [0, 0.1) is 0 Å². The first-order valence-corrected chi connectivity index (χ1v) is 23.1. The van der Waals surface area contributed by atoms with Crippen molar-refractivity contribution in [2.75, 3.05) is 0 Å². The summed E-state index contributed by atoms with van der Waals surface area (Å²) < 4.78 is 14.3. The van der Waals surface area contributed by atoms with Crippen molar-refractivity contribution in [2.45, 2.75) is 233 Å². The minimum atomic E-state index is -1.23. The summed E-state index contributed by atoms with van der Waals surface area (Å²) >= 11 is 0. The fourth-order valence-corrected chi connectivity index (χ4v) is 5.55. The van der Waals surface area contributed by atoms with Gasteiger partial charge in [-0.15, -0.1) is 0 Å². The summed E-state index contributed by atoms with van der Waals surface area (Å²) in [4.78, 5) is 63.5. The fourth-order valence-electron chi connectivity index (χ4n) is 5.55. The molecule has 348 valence electrons. The maximum absolute atomic E-state index is 11.0. The first-order chi connectivity index (χ1) is 29.0. The van der Waals surface area contributed by atoms with Crippen LogP contribution in [-0.2, 0) is 43.0 Å². The average Bonchev–Trinajstić information content (AvgIpc) is 3.22. The van der Waals surface area contributed by atoms with Crippen LogP contribution in [0.5, 0.6) is 0 Å². The predicted octanol–water partition coefficient (Wildman–Crippen LogP) is 8.93. The number of rotatable bonds is 39. The third-order valence-electron chi connectivity index (χ3n) is 9.16. The summed E-state index contributed by atoms with van der Waals surface area (Å²) in [7, 11) is 0. The Hall–Kier alpha value is -3.43. The number of carbonyl (C=O) groups excluding carboxylic acids is 6. The fraction of sp³-hybridized carbons (Fsp3) is 0.750. The van der Waals surface area contributed by atoms with Crippen LogP contribution in [0.1, 0.15) is 233 Å².